The van der Waals surface area contributed by atoms with Crippen LogP contribution in [0.3, 0.4) is 0 Å². The molecule has 9 heteroatoms. The zero-order valence-corrected chi connectivity index (χ0v) is 23.2. The second kappa shape index (κ2) is 10.4. The topological polar surface area (TPSA) is 99.6 Å². The molecule has 1 aromatic rings. The number of amides is 2. The maximum Gasteiger partial charge on any atom is 0.313 e. The van der Waals surface area contributed by atoms with Crippen molar-refractivity contribution in [3.63, 3.8) is 0 Å². The van der Waals surface area contributed by atoms with Gasteiger partial charge in [-0.15, -0.1) is 0 Å². The van der Waals surface area contributed by atoms with E-state index in [2.05, 4.69) is 18.7 Å². The van der Waals surface area contributed by atoms with Crippen molar-refractivity contribution in [2.75, 3.05) is 42.6 Å². The number of hydrogen-bond acceptors (Lipinski definition) is 7. The van der Waals surface area contributed by atoms with E-state index in [0.717, 1.165) is 18.8 Å². The average molecular weight is 538 g/mol. The van der Waals surface area contributed by atoms with Crippen molar-refractivity contribution in [2.24, 2.45) is 11.8 Å². The van der Waals surface area contributed by atoms with Gasteiger partial charge in [0.1, 0.15) is 17.6 Å². The van der Waals surface area contributed by atoms with Gasteiger partial charge in [0, 0.05) is 31.0 Å². The van der Waals surface area contributed by atoms with Crippen molar-refractivity contribution in [1.29, 1.82) is 0 Å². The van der Waals surface area contributed by atoms with Crippen molar-refractivity contribution < 1.29 is 29.0 Å². The molecule has 2 saturated heterocycles. The molecule has 39 heavy (non-hydrogen) atoms. The van der Waals surface area contributed by atoms with Crippen LogP contribution >= 0.6 is 0 Å². The number of carbonyl (C=O) groups is 3. The van der Waals surface area contributed by atoms with E-state index in [-0.39, 0.29) is 31.6 Å². The Labute approximate surface area is 230 Å². The molecule has 1 aromatic carbocycles. The van der Waals surface area contributed by atoms with Crippen LogP contribution in [0.5, 0.6) is 0 Å². The van der Waals surface area contributed by atoms with Gasteiger partial charge in [0.05, 0.1) is 30.8 Å². The first-order chi connectivity index (χ1) is 18.8. The highest BCUT2D eigenvalue weighted by molar-refractivity contribution is 6.05. The number of rotatable bonds is 7. The first-order valence-corrected chi connectivity index (χ1v) is 14.1. The number of anilines is 2. The fraction of sp³-hybridized carbons (Fsp3) is 0.567. The van der Waals surface area contributed by atoms with Gasteiger partial charge in [0.15, 0.2) is 0 Å². The molecule has 0 bridgehead atoms. The predicted molar refractivity (Wildman–Crippen MR) is 147 cm³/mol. The third-order valence-electron chi connectivity index (χ3n) is 8.82. The Morgan fingerprint density at radius 3 is 2.38 bits per heavy atom. The fourth-order valence-electron chi connectivity index (χ4n) is 6.90. The van der Waals surface area contributed by atoms with E-state index in [1.54, 1.807) is 11.8 Å². The minimum atomic E-state index is -1.38. The molecule has 9 nitrogen and oxygen atoms in total. The third-order valence-corrected chi connectivity index (χ3v) is 8.82. The fourth-order valence-corrected chi connectivity index (χ4v) is 6.90. The van der Waals surface area contributed by atoms with Crippen molar-refractivity contribution in [3.8, 4) is 0 Å². The molecule has 6 atom stereocenters. The van der Waals surface area contributed by atoms with Gasteiger partial charge in [-0.05, 0) is 57.9 Å². The molecule has 2 fully saturated rings. The van der Waals surface area contributed by atoms with Gasteiger partial charge in [-0.1, -0.05) is 31.2 Å². The Bertz CT molecular complexity index is 1170. The highest BCUT2D eigenvalue weighted by Crippen LogP contribution is 2.57. The lowest BCUT2D eigenvalue weighted by atomic mass is 9.74. The van der Waals surface area contributed by atoms with Gasteiger partial charge in [0.2, 0.25) is 5.91 Å². The van der Waals surface area contributed by atoms with Crippen LogP contribution in [0.1, 0.15) is 40.5 Å². The predicted octanol–water partition coefficient (Wildman–Crippen LogP) is 2.68. The largest absolute Gasteiger partial charge is 0.465 e. The quantitative estimate of drug-likeness (QED) is 0.422. The molecule has 2 amide bonds. The van der Waals surface area contributed by atoms with Gasteiger partial charge < -0.3 is 29.3 Å². The second-order valence-corrected chi connectivity index (χ2v) is 10.9. The third kappa shape index (κ3) is 4.17. The van der Waals surface area contributed by atoms with Gasteiger partial charge in [0.25, 0.3) is 5.91 Å². The first kappa shape index (κ1) is 27.4. The minimum Gasteiger partial charge on any atom is -0.465 e. The molecule has 4 aliphatic heterocycles. The number of esters is 1. The highest BCUT2D eigenvalue weighted by atomic mass is 16.6. The Hall–Kier alpha value is -3.17. The molecule has 0 radical (unpaired) electrons. The number of likely N-dealkylation sites (tertiary alicyclic amines) is 1. The summed E-state index contributed by atoms with van der Waals surface area (Å²) in [5.41, 5.74) is -0.718. The minimum absolute atomic E-state index is 0.225. The molecule has 0 aromatic heterocycles. The number of carbonyl (C=O) groups excluding carboxylic acids is 3. The lowest BCUT2D eigenvalue weighted by molar-refractivity contribution is -0.160. The molecule has 0 saturated carbocycles. The van der Waals surface area contributed by atoms with Crippen LogP contribution in [-0.4, -0.2) is 83.9 Å². The summed E-state index contributed by atoms with van der Waals surface area (Å²) in [7, 11) is 0. The van der Waals surface area contributed by atoms with Gasteiger partial charge in [-0.25, -0.2) is 0 Å². The number of aliphatic hydroxyl groups is 1. The maximum atomic E-state index is 14.5. The molecule has 4 aliphatic rings. The molecule has 210 valence electrons. The van der Waals surface area contributed by atoms with Gasteiger partial charge in [-0.2, -0.15) is 0 Å². The summed E-state index contributed by atoms with van der Waals surface area (Å²) in [6, 6.07) is 6.20. The average Bonchev–Trinajstić information content (AvgIpc) is 3.25. The zero-order chi connectivity index (χ0) is 27.9. The second-order valence-electron chi connectivity index (χ2n) is 10.9. The number of hydrogen-bond donors (Lipinski definition) is 1. The molecular formula is C30H39N3O6. The lowest BCUT2D eigenvalue weighted by Crippen LogP contribution is -2.58. The smallest absolute Gasteiger partial charge is 0.313 e. The number of aliphatic hydroxyl groups excluding tert-OH is 1. The van der Waals surface area contributed by atoms with Gasteiger partial charge in [-0.3, -0.25) is 14.4 Å². The van der Waals surface area contributed by atoms with Crippen LogP contribution in [0.4, 0.5) is 11.4 Å². The molecule has 0 aliphatic carbocycles. The van der Waals surface area contributed by atoms with Crippen molar-refractivity contribution >= 4 is 29.2 Å². The van der Waals surface area contributed by atoms with Crippen molar-refractivity contribution in [3.05, 3.63) is 48.6 Å². The van der Waals surface area contributed by atoms with E-state index < -0.39 is 41.1 Å². The SMILES string of the molecule is CC[C@@H](CO)N1C(=O)[C@@H]2[C@@H]3C(=O)OCCC=C[C@]3(C)O[C@@]23C=CCN(c2ccc(N(CC)CC)cc2)C(=O)C13. The summed E-state index contributed by atoms with van der Waals surface area (Å²) in [6.07, 6.45) is 8.41. The van der Waals surface area contributed by atoms with E-state index in [9.17, 15) is 19.5 Å². The Morgan fingerprint density at radius 1 is 1.03 bits per heavy atom. The molecule has 1 spiro atoms. The summed E-state index contributed by atoms with van der Waals surface area (Å²) >= 11 is 0. The molecule has 1 unspecified atom stereocenters. The van der Waals surface area contributed by atoms with Crippen LogP contribution in [-0.2, 0) is 23.9 Å². The number of benzene rings is 1. The lowest BCUT2D eigenvalue weighted by Gasteiger charge is -2.40. The van der Waals surface area contributed by atoms with E-state index in [1.807, 2.05) is 55.5 Å². The van der Waals surface area contributed by atoms with Crippen LogP contribution in [0, 0.1) is 11.8 Å². The number of nitrogens with zero attached hydrogens (tertiary/aromatic N) is 3. The Balaban J connectivity index is 1.61. The van der Waals surface area contributed by atoms with E-state index in [0.29, 0.717) is 18.5 Å². The van der Waals surface area contributed by atoms with E-state index >= 15 is 0 Å². The molecular weight excluding hydrogens is 498 g/mol. The zero-order valence-electron chi connectivity index (χ0n) is 23.2. The molecule has 1 N–H and O–H groups in total. The summed E-state index contributed by atoms with van der Waals surface area (Å²) in [4.78, 5) is 47.4. The standard InChI is InChI=1S/C30H39N3O6/c1-5-20(19-34)33-25-27(36)32(22-13-11-21(12-14-22)31(6-2)7-3)17-10-16-30(25)23(26(33)35)24-28(37)38-18-9-8-15-29(24,4)39-30/h8,10-16,20,23-25,34H,5-7,9,17-19H2,1-4H3/t20-,23-,24+,25?,29-,30-/m0/s1. The monoisotopic (exact) mass is 537 g/mol. The highest BCUT2D eigenvalue weighted by Gasteiger charge is 2.75. The normalized spacial score (nSPS) is 32.6. The summed E-state index contributed by atoms with van der Waals surface area (Å²) in [6.45, 7) is 9.82. The van der Waals surface area contributed by atoms with Crippen molar-refractivity contribution in [1.82, 2.24) is 4.90 Å². The molecule has 4 heterocycles. The van der Waals surface area contributed by atoms with E-state index in [1.165, 1.54) is 4.90 Å². The Kier molecular flexibility index (Phi) is 7.33. The maximum absolute atomic E-state index is 14.5. The summed E-state index contributed by atoms with van der Waals surface area (Å²) in [5.74, 6) is -3.02. The Morgan fingerprint density at radius 2 is 1.74 bits per heavy atom. The number of ether oxygens (including phenoxy) is 2. The van der Waals surface area contributed by atoms with E-state index in [4.69, 9.17) is 9.47 Å². The van der Waals surface area contributed by atoms with Crippen LogP contribution in [0.15, 0.2) is 48.6 Å². The van der Waals surface area contributed by atoms with Crippen LogP contribution in [0.2, 0.25) is 0 Å². The number of cyclic esters (lactones) is 1. The van der Waals surface area contributed by atoms with Crippen LogP contribution in [0.25, 0.3) is 0 Å². The summed E-state index contributed by atoms with van der Waals surface area (Å²) < 4.78 is 12.3. The van der Waals surface area contributed by atoms with Crippen LogP contribution < -0.4 is 9.80 Å². The first-order valence-electron chi connectivity index (χ1n) is 14.1. The number of fused-ring (bicyclic) bond motifs is 2. The summed E-state index contributed by atoms with van der Waals surface area (Å²) in [5, 5.41) is 10.3. The molecule has 5 rings (SSSR count). The van der Waals surface area contributed by atoms with Gasteiger partial charge >= 0.3 is 5.97 Å². The van der Waals surface area contributed by atoms with Crippen molar-refractivity contribution in [2.45, 2.75) is 63.8 Å².